The lowest BCUT2D eigenvalue weighted by molar-refractivity contribution is -0.0258. The van der Waals surface area contributed by atoms with E-state index >= 15 is 0 Å². The molecule has 0 atom stereocenters. The minimum Gasteiger partial charge on any atom is -0.457 e. The van der Waals surface area contributed by atoms with Gasteiger partial charge in [-0.2, -0.15) is 0 Å². The van der Waals surface area contributed by atoms with E-state index in [0.717, 1.165) is 4.47 Å². The van der Waals surface area contributed by atoms with Crippen LogP contribution in [0.1, 0.15) is 15.9 Å². The lowest BCUT2D eigenvalue weighted by Crippen LogP contribution is -2.25. The fourth-order valence-electron chi connectivity index (χ4n) is 1.87. The van der Waals surface area contributed by atoms with Gasteiger partial charge in [0.15, 0.2) is 0 Å². The zero-order chi connectivity index (χ0) is 18.6. The molecule has 0 aliphatic heterocycles. The molecule has 2 aromatic rings. The van der Waals surface area contributed by atoms with Crippen molar-refractivity contribution in [2.75, 3.05) is 14.2 Å². The number of ether oxygens (including phenoxy) is 1. The number of sulfonamides is 1. The van der Waals surface area contributed by atoms with Crippen LogP contribution in [0.3, 0.4) is 0 Å². The van der Waals surface area contributed by atoms with E-state index in [0.29, 0.717) is 15.6 Å². The van der Waals surface area contributed by atoms with Gasteiger partial charge in [0.2, 0.25) is 0 Å². The van der Waals surface area contributed by atoms with E-state index in [1.54, 1.807) is 18.2 Å². The molecule has 0 bridgehead atoms. The molecule has 0 amide bonds. The third-order valence-corrected chi connectivity index (χ3v) is 5.64. The molecule has 0 aliphatic carbocycles. The van der Waals surface area contributed by atoms with Crippen molar-refractivity contribution in [3.63, 3.8) is 0 Å². The molecule has 0 heterocycles. The van der Waals surface area contributed by atoms with Crippen LogP contribution in [0, 0.1) is 0 Å². The Morgan fingerprint density at radius 3 is 2.32 bits per heavy atom. The van der Waals surface area contributed by atoms with E-state index < -0.39 is 16.0 Å². The van der Waals surface area contributed by atoms with Crippen molar-refractivity contribution < 1.29 is 22.8 Å². The predicted octanol–water partition coefficient (Wildman–Crippen LogP) is 3.53. The van der Waals surface area contributed by atoms with E-state index in [9.17, 15) is 13.2 Å². The van der Waals surface area contributed by atoms with Gasteiger partial charge in [-0.1, -0.05) is 33.7 Å². The molecular weight excluding hydrogens is 389 g/mol. The van der Waals surface area contributed by atoms with Gasteiger partial charge in [0.1, 0.15) is 6.61 Å². The molecule has 9 heteroatoms. The standard InChI is InChI=1S/C16H15Cl2NO5S/c1-19(23-2)25(21,22)14-7-4-11(5-8-14)16(20)24-10-12-3-6-13(17)9-15(12)18/h3-9H,10H2,1-2H3. The van der Waals surface area contributed by atoms with Crippen LogP contribution in [-0.4, -0.2) is 33.0 Å². The van der Waals surface area contributed by atoms with Crippen LogP contribution >= 0.6 is 23.2 Å². The normalized spacial score (nSPS) is 11.6. The van der Waals surface area contributed by atoms with Crippen molar-refractivity contribution in [2.45, 2.75) is 11.5 Å². The summed E-state index contributed by atoms with van der Waals surface area (Å²) in [6.45, 7) is -0.0265. The van der Waals surface area contributed by atoms with E-state index in [4.69, 9.17) is 27.9 Å². The highest BCUT2D eigenvalue weighted by atomic mass is 35.5. The topological polar surface area (TPSA) is 72.9 Å². The first-order chi connectivity index (χ1) is 11.8. The molecule has 2 aromatic carbocycles. The molecule has 0 saturated carbocycles. The summed E-state index contributed by atoms with van der Waals surface area (Å²) in [7, 11) is -1.25. The summed E-state index contributed by atoms with van der Waals surface area (Å²) in [6, 6.07) is 10.2. The third-order valence-electron chi connectivity index (χ3n) is 3.36. The lowest BCUT2D eigenvalue weighted by atomic mass is 10.2. The highest BCUT2D eigenvalue weighted by Gasteiger charge is 2.21. The maximum atomic E-state index is 12.1. The molecule has 2 rings (SSSR count). The number of carbonyl (C=O) groups excluding carboxylic acids is 1. The zero-order valence-electron chi connectivity index (χ0n) is 13.4. The largest absolute Gasteiger partial charge is 0.457 e. The Balaban J connectivity index is 2.08. The maximum Gasteiger partial charge on any atom is 0.338 e. The average molecular weight is 404 g/mol. The number of benzene rings is 2. The quantitative estimate of drug-likeness (QED) is 0.544. The van der Waals surface area contributed by atoms with E-state index in [2.05, 4.69) is 4.84 Å². The highest BCUT2D eigenvalue weighted by Crippen LogP contribution is 2.22. The average Bonchev–Trinajstić information content (AvgIpc) is 2.60. The fraction of sp³-hybridized carbons (Fsp3) is 0.188. The van der Waals surface area contributed by atoms with Crippen LogP contribution in [-0.2, 0) is 26.2 Å². The van der Waals surface area contributed by atoms with E-state index in [1.165, 1.54) is 38.4 Å². The molecule has 0 radical (unpaired) electrons. The Bertz CT molecular complexity index is 869. The summed E-state index contributed by atoms with van der Waals surface area (Å²) in [6.07, 6.45) is 0. The van der Waals surface area contributed by atoms with Crippen LogP contribution in [0.2, 0.25) is 10.0 Å². The summed E-state index contributed by atoms with van der Waals surface area (Å²) >= 11 is 11.8. The van der Waals surface area contributed by atoms with Gasteiger partial charge in [-0.05, 0) is 36.4 Å². The second-order valence-corrected chi connectivity index (χ2v) is 7.71. The summed E-state index contributed by atoms with van der Waals surface area (Å²) < 4.78 is 30.1. The fourth-order valence-corrected chi connectivity index (χ4v) is 3.31. The number of nitrogens with zero attached hydrogens (tertiary/aromatic N) is 1. The Kier molecular flexibility index (Phi) is 6.42. The smallest absolute Gasteiger partial charge is 0.338 e. The Morgan fingerprint density at radius 1 is 1.12 bits per heavy atom. The van der Waals surface area contributed by atoms with Gasteiger partial charge in [0.25, 0.3) is 10.0 Å². The maximum absolute atomic E-state index is 12.1. The summed E-state index contributed by atoms with van der Waals surface area (Å²) in [4.78, 5) is 16.8. The Hall–Kier alpha value is -1.64. The molecular formula is C16H15Cl2NO5S. The van der Waals surface area contributed by atoms with Gasteiger partial charge in [0.05, 0.1) is 17.6 Å². The molecule has 0 aromatic heterocycles. The molecule has 0 unspecified atom stereocenters. The number of carbonyl (C=O) groups is 1. The number of esters is 1. The van der Waals surface area contributed by atoms with Crippen LogP contribution < -0.4 is 0 Å². The molecule has 0 spiro atoms. The molecule has 0 saturated heterocycles. The predicted molar refractivity (Wildman–Crippen MR) is 94.0 cm³/mol. The lowest BCUT2D eigenvalue weighted by Gasteiger charge is -2.14. The molecule has 0 N–H and O–H groups in total. The molecule has 25 heavy (non-hydrogen) atoms. The van der Waals surface area contributed by atoms with Crippen LogP contribution in [0.25, 0.3) is 0 Å². The van der Waals surface area contributed by atoms with Crippen molar-refractivity contribution in [3.05, 3.63) is 63.6 Å². The Labute approximate surface area is 155 Å². The monoisotopic (exact) mass is 403 g/mol. The van der Waals surface area contributed by atoms with Crippen LogP contribution in [0.15, 0.2) is 47.4 Å². The zero-order valence-corrected chi connectivity index (χ0v) is 15.7. The van der Waals surface area contributed by atoms with Gasteiger partial charge >= 0.3 is 5.97 Å². The van der Waals surface area contributed by atoms with Crippen molar-refractivity contribution in [2.24, 2.45) is 0 Å². The van der Waals surface area contributed by atoms with Gasteiger partial charge in [-0.15, -0.1) is 0 Å². The number of rotatable bonds is 6. The number of hydrogen-bond donors (Lipinski definition) is 0. The van der Waals surface area contributed by atoms with Gasteiger partial charge in [-0.25, -0.2) is 13.2 Å². The summed E-state index contributed by atoms with van der Waals surface area (Å²) in [5.41, 5.74) is 0.824. The van der Waals surface area contributed by atoms with Gasteiger partial charge in [0, 0.05) is 22.7 Å². The summed E-state index contributed by atoms with van der Waals surface area (Å²) in [5, 5.41) is 0.877. The number of halogens is 2. The van der Waals surface area contributed by atoms with Gasteiger partial charge < -0.3 is 4.74 Å². The SMILES string of the molecule is CON(C)S(=O)(=O)c1ccc(C(=O)OCc2ccc(Cl)cc2Cl)cc1. The minimum absolute atomic E-state index is 0.00542. The van der Waals surface area contributed by atoms with Crippen LogP contribution in [0.5, 0.6) is 0 Å². The van der Waals surface area contributed by atoms with E-state index in [-0.39, 0.29) is 17.1 Å². The second kappa shape index (κ2) is 8.16. The minimum atomic E-state index is -3.77. The van der Waals surface area contributed by atoms with Crippen LogP contribution in [0.4, 0.5) is 0 Å². The Morgan fingerprint density at radius 2 is 1.76 bits per heavy atom. The van der Waals surface area contributed by atoms with Crippen molar-refractivity contribution in [1.82, 2.24) is 4.47 Å². The molecule has 6 nitrogen and oxygen atoms in total. The third kappa shape index (κ3) is 4.71. The molecule has 0 fully saturated rings. The first-order valence-electron chi connectivity index (χ1n) is 7.00. The number of hydroxylamine groups is 1. The number of hydrogen-bond acceptors (Lipinski definition) is 5. The van der Waals surface area contributed by atoms with E-state index in [1.807, 2.05) is 0 Å². The van der Waals surface area contributed by atoms with Crippen molar-refractivity contribution >= 4 is 39.2 Å². The molecule has 134 valence electrons. The van der Waals surface area contributed by atoms with Gasteiger partial charge in [-0.3, -0.25) is 4.84 Å². The first kappa shape index (κ1) is 19.7. The van der Waals surface area contributed by atoms with Crippen molar-refractivity contribution in [1.29, 1.82) is 0 Å². The van der Waals surface area contributed by atoms with Crippen molar-refractivity contribution in [3.8, 4) is 0 Å². The first-order valence-corrected chi connectivity index (χ1v) is 9.19. The highest BCUT2D eigenvalue weighted by molar-refractivity contribution is 7.89. The molecule has 0 aliphatic rings. The summed E-state index contributed by atoms with van der Waals surface area (Å²) in [5.74, 6) is -0.602. The second-order valence-electron chi connectivity index (χ2n) is 4.93.